The van der Waals surface area contributed by atoms with Crippen molar-refractivity contribution >= 4 is 0 Å². The quantitative estimate of drug-likeness (QED) is 0.723. The van der Waals surface area contributed by atoms with Gasteiger partial charge >= 0.3 is 0 Å². The Hall–Kier alpha value is -0.0800. The van der Waals surface area contributed by atoms with E-state index in [9.17, 15) is 0 Å². The molecule has 82 valence electrons. The number of nitrogens with one attached hydrogen (secondary N) is 1. The monoisotopic (exact) mass is 196 g/mol. The first-order chi connectivity index (χ1) is 6.63. The lowest BCUT2D eigenvalue weighted by Gasteiger charge is -2.42. The number of rotatable bonds is 2. The molecule has 2 aliphatic rings. The van der Waals surface area contributed by atoms with E-state index in [-0.39, 0.29) is 0 Å². The van der Waals surface area contributed by atoms with E-state index < -0.39 is 0 Å². The van der Waals surface area contributed by atoms with E-state index in [1.165, 1.54) is 32.4 Å². The summed E-state index contributed by atoms with van der Waals surface area (Å²) in [4.78, 5) is 2.38. The van der Waals surface area contributed by atoms with Crippen molar-refractivity contribution in [3.8, 4) is 0 Å². The van der Waals surface area contributed by atoms with Crippen LogP contribution in [0.15, 0.2) is 0 Å². The van der Waals surface area contributed by atoms with E-state index >= 15 is 0 Å². The van der Waals surface area contributed by atoms with Gasteiger partial charge in [-0.1, -0.05) is 13.8 Å². The number of hydrogen-bond acceptors (Lipinski definition) is 2. The lowest BCUT2D eigenvalue weighted by atomic mass is 9.80. The van der Waals surface area contributed by atoms with Gasteiger partial charge in [-0.3, -0.25) is 0 Å². The van der Waals surface area contributed by atoms with Crippen LogP contribution in [0.4, 0.5) is 0 Å². The zero-order valence-corrected chi connectivity index (χ0v) is 9.79. The summed E-state index contributed by atoms with van der Waals surface area (Å²) in [5.41, 5.74) is 0. The highest BCUT2D eigenvalue weighted by atomic mass is 15.2. The largest absolute Gasteiger partial charge is 0.309 e. The summed E-state index contributed by atoms with van der Waals surface area (Å²) >= 11 is 0. The molecule has 2 nitrogen and oxygen atoms in total. The zero-order chi connectivity index (χ0) is 10.1. The molecule has 1 aliphatic carbocycles. The van der Waals surface area contributed by atoms with Crippen LogP contribution in [0.2, 0.25) is 0 Å². The van der Waals surface area contributed by atoms with Gasteiger partial charge in [-0.2, -0.15) is 0 Å². The maximum atomic E-state index is 3.80. The van der Waals surface area contributed by atoms with Gasteiger partial charge in [-0.15, -0.1) is 0 Å². The van der Waals surface area contributed by atoms with Crippen molar-refractivity contribution in [3.05, 3.63) is 0 Å². The summed E-state index contributed by atoms with van der Waals surface area (Å²) in [7, 11) is 2.20. The minimum absolute atomic E-state index is 0.780. The Kier molecular flexibility index (Phi) is 3.13. The third-order valence-corrected chi connectivity index (χ3v) is 3.71. The standard InChI is InChI=1S/C12H24N2/c1-9-4-10(2)6-11(5-9)13-12-7-14(3)8-12/h9-13H,4-8H2,1-3H3. The molecule has 2 atom stereocenters. The molecule has 2 unspecified atom stereocenters. The number of likely N-dealkylation sites (N-methyl/N-ethyl adjacent to an activating group) is 1. The van der Waals surface area contributed by atoms with Gasteiger partial charge in [-0.25, -0.2) is 0 Å². The van der Waals surface area contributed by atoms with Gasteiger partial charge < -0.3 is 10.2 Å². The van der Waals surface area contributed by atoms with Gasteiger partial charge in [0.15, 0.2) is 0 Å². The molecule has 0 aromatic rings. The van der Waals surface area contributed by atoms with Gasteiger partial charge in [0.1, 0.15) is 0 Å². The van der Waals surface area contributed by atoms with E-state index in [0.29, 0.717) is 0 Å². The number of hydrogen-bond donors (Lipinski definition) is 1. The van der Waals surface area contributed by atoms with Crippen molar-refractivity contribution in [3.63, 3.8) is 0 Å². The molecule has 1 saturated heterocycles. The van der Waals surface area contributed by atoms with E-state index in [1.54, 1.807) is 0 Å². The van der Waals surface area contributed by atoms with Gasteiger partial charge in [0.25, 0.3) is 0 Å². The summed E-state index contributed by atoms with van der Waals surface area (Å²) in [6.07, 6.45) is 4.22. The molecule has 2 fully saturated rings. The lowest BCUT2D eigenvalue weighted by Crippen LogP contribution is -2.59. The van der Waals surface area contributed by atoms with Crippen LogP contribution < -0.4 is 5.32 Å². The first kappa shape index (κ1) is 10.4. The smallest absolute Gasteiger partial charge is 0.0324 e. The van der Waals surface area contributed by atoms with Gasteiger partial charge in [0, 0.05) is 25.2 Å². The Bertz CT molecular complexity index is 177. The van der Waals surface area contributed by atoms with Crippen LogP contribution >= 0.6 is 0 Å². The molecule has 1 aliphatic heterocycles. The normalized spacial score (nSPS) is 40.9. The molecule has 0 amide bonds. The highest BCUT2D eigenvalue weighted by molar-refractivity contribution is 4.89. The van der Waals surface area contributed by atoms with Crippen LogP contribution in [-0.2, 0) is 0 Å². The topological polar surface area (TPSA) is 15.3 Å². The minimum atomic E-state index is 0.780. The van der Waals surface area contributed by atoms with E-state index in [2.05, 4.69) is 31.1 Å². The highest BCUT2D eigenvalue weighted by Crippen LogP contribution is 2.29. The predicted molar refractivity (Wildman–Crippen MR) is 60.4 cm³/mol. The number of nitrogens with zero attached hydrogens (tertiary/aromatic N) is 1. The average molecular weight is 196 g/mol. The molecule has 2 rings (SSSR count). The van der Waals surface area contributed by atoms with Crippen LogP contribution in [0.5, 0.6) is 0 Å². The fourth-order valence-corrected chi connectivity index (χ4v) is 3.22. The Morgan fingerprint density at radius 2 is 1.50 bits per heavy atom. The first-order valence-electron chi connectivity index (χ1n) is 6.08. The van der Waals surface area contributed by atoms with Gasteiger partial charge in [0.2, 0.25) is 0 Å². The van der Waals surface area contributed by atoms with Gasteiger partial charge in [-0.05, 0) is 38.1 Å². The summed E-state index contributed by atoms with van der Waals surface area (Å²) < 4.78 is 0. The van der Waals surface area contributed by atoms with E-state index in [4.69, 9.17) is 0 Å². The van der Waals surface area contributed by atoms with Crippen molar-refractivity contribution in [1.29, 1.82) is 0 Å². The van der Waals surface area contributed by atoms with Crippen molar-refractivity contribution in [2.45, 2.75) is 45.2 Å². The minimum Gasteiger partial charge on any atom is -0.309 e. The Balaban J connectivity index is 1.74. The third-order valence-electron chi connectivity index (χ3n) is 3.71. The molecule has 0 aromatic carbocycles. The fraction of sp³-hybridized carbons (Fsp3) is 1.00. The molecule has 14 heavy (non-hydrogen) atoms. The van der Waals surface area contributed by atoms with Crippen molar-refractivity contribution in [2.24, 2.45) is 11.8 Å². The van der Waals surface area contributed by atoms with E-state index in [0.717, 1.165) is 23.9 Å². The molecular weight excluding hydrogens is 172 g/mol. The molecule has 0 spiro atoms. The van der Waals surface area contributed by atoms with Crippen LogP contribution in [0.3, 0.4) is 0 Å². The Morgan fingerprint density at radius 3 is 2.00 bits per heavy atom. The molecule has 0 radical (unpaired) electrons. The Labute approximate surface area is 88.1 Å². The lowest BCUT2D eigenvalue weighted by molar-refractivity contribution is 0.128. The van der Waals surface area contributed by atoms with Crippen molar-refractivity contribution in [2.75, 3.05) is 20.1 Å². The van der Waals surface area contributed by atoms with Crippen molar-refractivity contribution in [1.82, 2.24) is 10.2 Å². The average Bonchev–Trinajstić information content (AvgIpc) is 1.99. The second-order valence-electron chi connectivity index (χ2n) is 5.70. The molecule has 1 N–H and O–H groups in total. The second kappa shape index (κ2) is 4.19. The molecular formula is C12H24N2. The molecule has 1 heterocycles. The summed E-state index contributed by atoms with van der Waals surface area (Å²) in [6, 6.07) is 1.58. The molecule has 0 bridgehead atoms. The van der Waals surface area contributed by atoms with Crippen LogP contribution in [0.25, 0.3) is 0 Å². The van der Waals surface area contributed by atoms with Crippen LogP contribution in [0, 0.1) is 11.8 Å². The Morgan fingerprint density at radius 1 is 0.929 bits per heavy atom. The summed E-state index contributed by atoms with van der Waals surface area (Å²) in [6.45, 7) is 7.30. The van der Waals surface area contributed by atoms with Crippen LogP contribution in [-0.4, -0.2) is 37.1 Å². The highest BCUT2D eigenvalue weighted by Gasteiger charge is 2.29. The van der Waals surface area contributed by atoms with Crippen LogP contribution in [0.1, 0.15) is 33.1 Å². The predicted octanol–water partition coefficient (Wildman–Crippen LogP) is 1.71. The maximum Gasteiger partial charge on any atom is 0.0324 e. The first-order valence-corrected chi connectivity index (χ1v) is 6.08. The van der Waals surface area contributed by atoms with E-state index in [1.807, 2.05) is 0 Å². The molecule has 1 saturated carbocycles. The second-order valence-corrected chi connectivity index (χ2v) is 5.70. The SMILES string of the molecule is CC1CC(C)CC(NC2CN(C)C2)C1. The zero-order valence-electron chi connectivity index (χ0n) is 9.79. The number of likely N-dealkylation sites (tertiary alicyclic amines) is 1. The van der Waals surface area contributed by atoms with Gasteiger partial charge in [0.05, 0.1) is 0 Å². The van der Waals surface area contributed by atoms with Crippen molar-refractivity contribution < 1.29 is 0 Å². The fourth-order valence-electron chi connectivity index (χ4n) is 3.22. The summed E-state index contributed by atoms with van der Waals surface area (Å²) in [5, 5.41) is 3.80. The molecule has 0 aromatic heterocycles. The third kappa shape index (κ3) is 2.48. The molecule has 2 heteroatoms. The maximum absolute atomic E-state index is 3.80. The summed E-state index contributed by atoms with van der Waals surface area (Å²) in [5.74, 6) is 1.85.